The number of hydrogen-bond acceptors (Lipinski definition) is 3. The molecule has 1 aliphatic heterocycles. The van der Waals surface area contributed by atoms with Crippen molar-refractivity contribution in [3.63, 3.8) is 0 Å². The van der Waals surface area contributed by atoms with Gasteiger partial charge in [0.15, 0.2) is 0 Å². The summed E-state index contributed by atoms with van der Waals surface area (Å²) in [5, 5.41) is 11.8. The Morgan fingerprint density at radius 2 is 2.15 bits per heavy atom. The Morgan fingerprint density at radius 1 is 1.45 bits per heavy atom. The Hall–Kier alpha value is -1.95. The van der Waals surface area contributed by atoms with E-state index < -0.39 is 29.2 Å². The predicted octanol–water partition coefficient (Wildman–Crippen LogP) is 1.35. The zero-order valence-corrected chi connectivity index (χ0v) is 11.3. The van der Waals surface area contributed by atoms with Gasteiger partial charge in [-0.3, -0.25) is 9.59 Å². The quantitative estimate of drug-likeness (QED) is 0.877. The molecule has 0 aromatic heterocycles. The number of nitrogens with one attached hydrogen (secondary N) is 1. The summed E-state index contributed by atoms with van der Waals surface area (Å²) in [5.41, 5.74) is -0.376. The molecule has 0 bridgehead atoms. The number of carbonyl (C=O) groups is 2. The van der Waals surface area contributed by atoms with Crippen LogP contribution in [0.4, 0.5) is 4.39 Å². The van der Waals surface area contributed by atoms with Crippen LogP contribution in [0.3, 0.4) is 0 Å². The molecule has 1 heterocycles. The standard InChI is InChI=1S/C14H16FNO4/c1-8-3-9(5-10(15)4-8)12(17)16-11-6-20-7-14(11,2)13(18)19/h3-5,11H,6-7H2,1-2H3,(H,16,17)(H,18,19). The van der Waals surface area contributed by atoms with Crippen molar-refractivity contribution in [3.8, 4) is 0 Å². The zero-order chi connectivity index (χ0) is 14.9. The molecule has 2 rings (SSSR count). The number of halogens is 1. The van der Waals surface area contributed by atoms with E-state index in [2.05, 4.69) is 5.32 Å². The number of hydrogen-bond donors (Lipinski definition) is 2. The molecule has 1 aliphatic rings. The van der Waals surface area contributed by atoms with Gasteiger partial charge in [-0.1, -0.05) is 0 Å². The highest BCUT2D eigenvalue weighted by molar-refractivity contribution is 5.95. The lowest BCUT2D eigenvalue weighted by atomic mass is 9.85. The van der Waals surface area contributed by atoms with Crippen LogP contribution in [0.25, 0.3) is 0 Å². The van der Waals surface area contributed by atoms with Crippen LogP contribution >= 0.6 is 0 Å². The van der Waals surface area contributed by atoms with E-state index in [1.807, 2.05) is 0 Å². The summed E-state index contributed by atoms with van der Waals surface area (Å²) in [7, 11) is 0. The van der Waals surface area contributed by atoms with E-state index in [1.54, 1.807) is 13.0 Å². The van der Waals surface area contributed by atoms with Crippen molar-refractivity contribution < 1.29 is 23.8 Å². The maximum atomic E-state index is 13.3. The van der Waals surface area contributed by atoms with Crippen LogP contribution in [-0.4, -0.2) is 36.2 Å². The first kappa shape index (κ1) is 14.5. The smallest absolute Gasteiger partial charge is 0.313 e. The van der Waals surface area contributed by atoms with Gasteiger partial charge >= 0.3 is 5.97 Å². The third-order valence-electron chi connectivity index (χ3n) is 3.55. The van der Waals surface area contributed by atoms with Gasteiger partial charge in [-0.05, 0) is 37.6 Å². The topological polar surface area (TPSA) is 75.6 Å². The van der Waals surface area contributed by atoms with Crippen molar-refractivity contribution in [3.05, 3.63) is 35.1 Å². The van der Waals surface area contributed by atoms with Crippen LogP contribution in [0.15, 0.2) is 18.2 Å². The first-order valence-corrected chi connectivity index (χ1v) is 6.22. The molecule has 0 spiro atoms. The molecule has 1 fully saturated rings. The molecule has 0 saturated carbocycles. The van der Waals surface area contributed by atoms with Gasteiger partial charge in [0, 0.05) is 5.56 Å². The number of aliphatic carboxylic acids is 1. The molecule has 1 aromatic rings. The summed E-state index contributed by atoms with van der Waals surface area (Å²) in [4.78, 5) is 23.4. The minimum Gasteiger partial charge on any atom is -0.481 e. The fourth-order valence-electron chi connectivity index (χ4n) is 2.19. The molecule has 20 heavy (non-hydrogen) atoms. The molecular formula is C14H16FNO4. The number of aryl methyl sites for hydroxylation is 1. The number of benzene rings is 1. The Morgan fingerprint density at radius 3 is 2.75 bits per heavy atom. The second-order valence-corrected chi connectivity index (χ2v) is 5.28. The fourth-order valence-corrected chi connectivity index (χ4v) is 2.19. The Balaban J connectivity index is 2.17. The molecule has 1 amide bonds. The first-order chi connectivity index (χ1) is 9.33. The first-order valence-electron chi connectivity index (χ1n) is 6.22. The molecule has 2 N–H and O–H groups in total. The van der Waals surface area contributed by atoms with Gasteiger partial charge in [0.2, 0.25) is 0 Å². The third kappa shape index (κ3) is 2.65. The van der Waals surface area contributed by atoms with Gasteiger partial charge in [-0.2, -0.15) is 0 Å². The average Bonchev–Trinajstić information content (AvgIpc) is 2.71. The van der Waals surface area contributed by atoms with Crippen LogP contribution in [0.2, 0.25) is 0 Å². The van der Waals surface area contributed by atoms with Gasteiger partial charge in [-0.25, -0.2) is 4.39 Å². The normalized spacial score (nSPS) is 25.4. The van der Waals surface area contributed by atoms with Crippen molar-refractivity contribution in [2.24, 2.45) is 5.41 Å². The van der Waals surface area contributed by atoms with E-state index in [-0.39, 0.29) is 18.8 Å². The molecular weight excluding hydrogens is 265 g/mol. The van der Waals surface area contributed by atoms with E-state index >= 15 is 0 Å². The maximum absolute atomic E-state index is 13.3. The molecule has 2 unspecified atom stereocenters. The van der Waals surface area contributed by atoms with E-state index in [1.165, 1.54) is 13.0 Å². The van der Waals surface area contributed by atoms with Gasteiger partial charge in [-0.15, -0.1) is 0 Å². The van der Waals surface area contributed by atoms with Crippen LogP contribution in [-0.2, 0) is 9.53 Å². The van der Waals surface area contributed by atoms with Gasteiger partial charge in [0.05, 0.1) is 19.3 Å². The van der Waals surface area contributed by atoms with Gasteiger partial charge in [0.1, 0.15) is 11.2 Å². The van der Waals surface area contributed by atoms with Crippen molar-refractivity contribution in [2.75, 3.05) is 13.2 Å². The van der Waals surface area contributed by atoms with Crippen LogP contribution in [0, 0.1) is 18.2 Å². The number of carbonyl (C=O) groups excluding carboxylic acids is 1. The predicted molar refractivity (Wildman–Crippen MR) is 69.0 cm³/mol. The van der Waals surface area contributed by atoms with Crippen molar-refractivity contribution in [1.82, 2.24) is 5.32 Å². The highest BCUT2D eigenvalue weighted by Crippen LogP contribution is 2.29. The Labute approximate surface area is 115 Å². The summed E-state index contributed by atoms with van der Waals surface area (Å²) in [6, 6.07) is 3.34. The molecule has 108 valence electrons. The van der Waals surface area contributed by atoms with Gasteiger partial charge in [0.25, 0.3) is 5.91 Å². The SMILES string of the molecule is Cc1cc(F)cc(C(=O)NC2COCC2(C)C(=O)O)c1. The molecule has 5 nitrogen and oxygen atoms in total. The third-order valence-corrected chi connectivity index (χ3v) is 3.55. The van der Waals surface area contributed by atoms with Gasteiger partial charge < -0.3 is 15.2 Å². The highest BCUT2D eigenvalue weighted by atomic mass is 19.1. The highest BCUT2D eigenvalue weighted by Gasteiger charge is 2.47. The Kier molecular flexibility index (Phi) is 3.76. The van der Waals surface area contributed by atoms with E-state index in [0.717, 1.165) is 6.07 Å². The number of carboxylic acids is 1. The van der Waals surface area contributed by atoms with Crippen LogP contribution in [0.5, 0.6) is 0 Å². The molecule has 2 atom stereocenters. The zero-order valence-electron chi connectivity index (χ0n) is 11.3. The minimum absolute atomic E-state index is 0.0372. The van der Waals surface area contributed by atoms with E-state index in [9.17, 15) is 19.1 Å². The van der Waals surface area contributed by atoms with Crippen molar-refractivity contribution in [1.29, 1.82) is 0 Å². The van der Waals surface area contributed by atoms with E-state index in [0.29, 0.717) is 5.56 Å². The largest absolute Gasteiger partial charge is 0.481 e. The summed E-state index contributed by atoms with van der Waals surface area (Å²) >= 11 is 0. The Bertz CT molecular complexity index is 540. The molecule has 0 aliphatic carbocycles. The number of carboxylic acid groups (broad SMARTS) is 1. The van der Waals surface area contributed by atoms with E-state index in [4.69, 9.17) is 4.74 Å². The number of rotatable bonds is 3. The lowest BCUT2D eigenvalue weighted by molar-refractivity contribution is -0.148. The molecule has 6 heteroatoms. The summed E-state index contributed by atoms with van der Waals surface area (Å²) in [6.45, 7) is 3.36. The van der Waals surface area contributed by atoms with Crippen LogP contribution < -0.4 is 5.32 Å². The summed E-state index contributed by atoms with van der Waals surface area (Å²) in [6.07, 6.45) is 0. The molecule has 1 aromatic carbocycles. The lowest BCUT2D eigenvalue weighted by Crippen LogP contribution is -2.49. The lowest BCUT2D eigenvalue weighted by Gasteiger charge is -2.25. The minimum atomic E-state index is -1.17. The van der Waals surface area contributed by atoms with Crippen molar-refractivity contribution >= 4 is 11.9 Å². The number of amides is 1. The average molecular weight is 281 g/mol. The van der Waals surface area contributed by atoms with Crippen LogP contribution in [0.1, 0.15) is 22.8 Å². The monoisotopic (exact) mass is 281 g/mol. The summed E-state index contributed by atoms with van der Waals surface area (Å²) < 4.78 is 18.4. The second kappa shape index (κ2) is 5.20. The molecule has 0 radical (unpaired) electrons. The maximum Gasteiger partial charge on any atom is 0.313 e. The summed E-state index contributed by atoms with van der Waals surface area (Å²) in [5.74, 6) is -2.04. The second-order valence-electron chi connectivity index (χ2n) is 5.28. The fraction of sp³-hybridized carbons (Fsp3) is 0.429. The molecule has 1 saturated heterocycles. The van der Waals surface area contributed by atoms with Crippen molar-refractivity contribution in [2.45, 2.75) is 19.9 Å². The number of ether oxygens (including phenoxy) is 1.